The van der Waals surface area contributed by atoms with E-state index in [0.717, 1.165) is 16.9 Å². The minimum atomic E-state index is -0.438. The molecule has 0 amide bonds. The molecule has 0 N–H and O–H groups in total. The summed E-state index contributed by atoms with van der Waals surface area (Å²) < 4.78 is 17.9. The van der Waals surface area contributed by atoms with Crippen LogP contribution >= 0.6 is 0 Å². The van der Waals surface area contributed by atoms with E-state index in [0.29, 0.717) is 12.5 Å². The van der Waals surface area contributed by atoms with Crippen LogP contribution < -0.4 is 4.74 Å². The summed E-state index contributed by atoms with van der Waals surface area (Å²) in [4.78, 5) is 0. The van der Waals surface area contributed by atoms with Gasteiger partial charge in [0.1, 0.15) is 5.75 Å². The highest BCUT2D eigenvalue weighted by Gasteiger charge is 2.08. The third-order valence-corrected chi connectivity index (χ3v) is 2.17. The van der Waals surface area contributed by atoms with Crippen molar-refractivity contribution < 1.29 is 9.13 Å². The molecule has 0 saturated carbocycles. The lowest BCUT2D eigenvalue weighted by Gasteiger charge is -2.11. The maximum absolute atomic E-state index is 12.5. The second-order valence-corrected chi connectivity index (χ2v) is 3.34. The van der Waals surface area contributed by atoms with Gasteiger partial charge in [-0.05, 0) is 30.2 Å². The predicted molar refractivity (Wildman–Crippen MR) is 61.7 cm³/mol. The average molecular weight is 207 g/mol. The predicted octanol–water partition coefficient (Wildman–Crippen LogP) is 3.64. The van der Waals surface area contributed by atoms with Crippen molar-refractivity contribution in [1.29, 1.82) is 0 Å². The van der Waals surface area contributed by atoms with Gasteiger partial charge < -0.3 is 4.74 Å². The molecule has 1 radical (unpaired) electrons. The van der Waals surface area contributed by atoms with Gasteiger partial charge in [0.15, 0.2) is 0 Å². The van der Waals surface area contributed by atoms with Gasteiger partial charge in [-0.3, -0.25) is 4.39 Å². The van der Waals surface area contributed by atoms with Crippen LogP contribution in [-0.4, -0.2) is 13.3 Å². The van der Waals surface area contributed by atoms with E-state index in [4.69, 9.17) is 4.74 Å². The van der Waals surface area contributed by atoms with Gasteiger partial charge >= 0.3 is 0 Å². The molecule has 0 unspecified atom stereocenters. The fourth-order valence-electron chi connectivity index (χ4n) is 1.31. The van der Waals surface area contributed by atoms with Crippen LogP contribution in [0.2, 0.25) is 0 Å². The van der Waals surface area contributed by atoms with Gasteiger partial charge in [0.2, 0.25) is 0 Å². The van der Waals surface area contributed by atoms with E-state index < -0.39 is 6.67 Å². The number of rotatable bonds is 5. The van der Waals surface area contributed by atoms with Gasteiger partial charge in [-0.25, -0.2) is 0 Å². The van der Waals surface area contributed by atoms with Gasteiger partial charge in [0.05, 0.1) is 13.3 Å². The maximum Gasteiger partial charge on any atom is 0.120 e. The van der Waals surface area contributed by atoms with Crippen molar-refractivity contribution in [3.05, 3.63) is 41.8 Å². The molecular weight excluding hydrogens is 191 g/mol. The molecular formula is C13H16FO. The molecule has 0 aliphatic carbocycles. The van der Waals surface area contributed by atoms with E-state index in [1.807, 2.05) is 25.1 Å². The first-order valence-electron chi connectivity index (χ1n) is 5.00. The number of hydrogen-bond acceptors (Lipinski definition) is 1. The summed E-state index contributed by atoms with van der Waals surface area (Å²) in [6, 6.07) is 5.65. The van der Waals surface area contributed by atoms with Crippen molar-refractivity contribution in [2.75, 3.05) is 13.3 Å². The zero-order valence-electron chi connectivity index (χ0n) is 9.22. The van der Waals surface area contributed by atoms with E-state index in [2.05, 4.69) is 6.58 Å². The van der Waals surface area contributed by atoms with Crippen molar-refractivity contribution in [3.63, 3.8) is 0 Å². The molecule has 1 rings (SSSR count). The summed E-state index contributed by atoms with van der Waals surface area (Å²) >= 11 is 0. The lowest BCUT2D eigenvalue weighted by atomic mass is 10.00. The molecule has 1 aromatic rings. The Morgan fingerprint density at radius 2 is 2.20 bits per heavy atom. The second kappa shape index (κ2) is 5.54. The summed E-state index contributed by atoms with van der Waals surface area (Å²) in [5.74, 6) is 1.47. The third-order valence-electron chi connectivity index (χ3n) is 2.17. The SMILES string of the molecule is C=Cc1cc(OCC)cc([C](C)CF)c1. The number of alkyl halides is 1. The summed E-state index contributed by atoms with van der Waals surface area (Å²) in [6.07, 6.45) is 1.73. The Morgan fingerprint density at radius 1 is 1.47 bits per heavy atom. The molecule has 1 nitrogen and oxygen atoms in total. The molecule has 81 valence electrons. The Bertz CT molecular complexity index is 333. The van der Waals surface area contributed by atoms with Gasteiger partial charge in [-0.15, -0.1) is 0 Å². The smallest absolute Gasteiger partial charge is 0.120 e. The Balaban J connectivity index is 3.04. The van der Waals surface area contributed by atoms with Crippen LogP contribution in [0.3, 0.4) is 0 Å². The van der Waals surface area contributed by atoms with Crippen LogP contribution in [0.5, 0.6) is 5.75 Å². The topological polar surface area (TPSA) is 9.23 Å². The molecule has 0 atom stereocenters. The highest BCUT2D eigenvalue weighted by atomic mass is 19.1. The van der Waals surface area contributed by atoms with E-state index in [1.165, 1.54) is 0 Å². The van der Waals surface area contributed by atoms with E-state index in [1.54, 1.807) is 13.0 Å². The van der Waals surface area contributed by atoms with E-state index in [-0.39, 0.29) is 0 Å². The first-order valence-corrected chi connectivity index (χ1v) is 5.00. The second-order valence-electron chi connectivity index (χ2n) is 3.34. The minimum absolute atomic E-state index is 0.438. The minimum Gasteiger partial charge on any atom is -0.494 e. The molecule has 0 aromatic heterocycles. The highest BCUT2D eigenvalue weighted by Crippen LogP contribution is 2.23. The van der Waals surface area contributed by atoms with E-state index in [9.17, 15) is 4.39 Å². The molecule has 15 heavy (non-hydrogen) atoms. The fourth-order valence-corrected chi connectivity index (χ4v) is 1.31. The highest BCUT2D eigenvalue weighted by molar-refractivity contribution is 5.54. The Kier molecular flexibility index (Phi) is 4.35. The maximum atomic E-state index is 12.5. The first-order chi connectivity index (χ1) is 7.21. The molecule has 2 heteroatoms. The molecule has 0 aliphatic rings. The summed E-state index contributed by atoms with van der Waals surface area (Å²) in [5.41, 5.74) is 1.82. The number of halogens is 1. The van der Waals surface area contributed by atoms with E-state index >= 15 is 0 Å². The largest absolute Gasteiger partial charge is 0.494 e. The first kappa shape index (κ1) is 11.8. The molecule has 0 spiro atoms. The van der Waals surface area contributed by atoms with Crippen LogP contribution in [0.15, 0.2) is 24.8 Å². The van der Waals surface area contributed by atoms with Gasteiger partial charge in [0.25, 0.3) is 0 Å². The Morgan fingerprint density at radius 3 is 2.73 bits per heavy atom. The fraction of sp³-hybridized carbons (Fsp3) is 0.308. The molecule has 0 bridgehead atoms. The molecule has 0 fully saturated rings. The van der Waals surface area contributed by atoms with Gasteiger partial charge in [-0.2, -0.15) is 0 Å². The van der Waals surface area contributed by atoms with Gasteiger partial charge in [-0.1, -0.05) is 25.6 Å². The zero-order valence-corrected chi connectivity index (χ0v) is 9.22. The van der Waals surface area contributed by atoms with Crippen molar-refractivity contribution in [1.82, 2.24) is 0 Å². The third kappa shape index (κ3) is 3.08. The van der Waals surface area contributed by atoms with Crippen LogP contribution in [0.4, 0.5) is 4.39 Å². The average Bonchev–Trinajstić information content (AvgIpc) is 2.28. The molecule has 0 aliphatic heterocycles. The summed E-state index contributed by atoms with van der Waals surface area (Å²) in [7, 11) is 0. The monoisotopic (exact) mass is 207 g/mol. The van der Waals surface area contributed by atoms with Crippen molar-refractivity contribution in [2.45, 2.75) is 13.8 Å². The molecule has 1 aromatic carbocycles. The van der Waals surface area contributed by atoms with Crippen LogP contribution in [0.25, 0.3) is 6.08 Å². The lowest BCUT2D eigenvalue weighted by Crippen LogP contribution is -1.99. The molecule has 0 saturated heterocycles. The number of ether oxygens (including phenoxy) is 1. The van der Waals surface area contributed by atoms with Crippen LogP contribution in [-0.2, 0) is 0 Å². The number of benzene rings is 1. The van der Waals surface area contributed by atoms with Crippen molar-refractivity contribution in [2.24, 2.45) is 0 Å². The lowest BCUT2D eigenvalue weighted by molar-refractivity contribution is 0.340. The van der Waals surface area contributed by atoms with Crippen LogP contribution in [0, 0.1) is 5.92 Å². The summed E-state index contributed by atoms with van der Waals surface area (Å²) in [5, 5.41) is 0. The molecule has 0 heterocycles. The Hall–Kier alpha value is -1.31. The van der Waals surface area contributed by atoms with Gasteiger partial charge in [0, 0.05) is 5.92 Å². The number of hydrogen-bond donors (Lipinski definition) is 0. The normalized spacial score (nSPS) is 10.4. The summed E-state index contributed by atoms with van der Waals surface area (Å²) in [6.45, 7) is 7.57. The zero-order chi connectivity index (χ0) is 11.3. The standard InChI is InChI=1S/C13H16FO/c1-4-11-6-12(10(3)9-14)8-13(7-11)15-5-2/h4,6-8H,1,5,9H2,2-3H3. The quantitative estimate of drug-likeness (QED) is 0.716. The van der Waals surface area contributed by atoms with Crippen molar-refractivity contribution in [3.8, 4) is 5.75 Å². The Labute approximate surface area is 90.6 Å². The van der Waals surface area contributed by atoms with Crippen LogP contribution in [0.1, 0.15) is 25.0 Å². The van der Waals surface area contributed by atoms with Crippen molar-refractivity contribution >= 4 is 6.08 Å².